The Labute approximate surface area is 365 Å². The molecule has 0 heterocycles. The van der Waals surface area contributed by atoms with Gasteiger partial charge < -0.3 is 4.90 Å². The number of fused-ring (bicyclic) bond motifs is 12. The molecule has 0 saturated carbocycles. The minimum Gasteiger partial charge on any atom is -0.310 e. The van der Waals surface area contributed by atoms with Crippen molar-refractivity contribution >= 4 is 17.1 Å². The number of nitrogens with zero attached hydrogens (tertiary/aromatic N) is 1. The van der Waals surface area contributed by atoms with Crippen molar-refractivity contribution in [2.45, 2.75) is 44.4 Å². The highest BCUT2D eigenvalue weighted by molar-refractivity contribution is 5.92. The first-order valence-corrected chi connectivity index (χ1v) is 22.1. The van der Waals surface area contributed by atoms with Crippen molar-refractivity contribution in [1.29, 1.82) is 0 Å². The third-order valence-electron chi connectivity index (χ3n) is 14.4. The van der Waals surface area contributed by atoms with Crippen LogP contribution in [0.25, 0.3) is 44.5 Å². The number of aryl methyl sites for hydroxylation is 3. The van der Waals surface area contributed by atoms with Crippen LogP contribution in [0.4, 0.5) is 17.1 Å². The van der Waals surface area contributed by atoms with E-state index in [1.807, 2.05) is 0 Å². The maximum atomic E-state index is 2.54. The Morgan fingerprint density at radius 3 is 1.44 bits per heavy atom. The molecule has 3 aliphatic rings. The zero-order valence-corrected chi connectivity index (χ0v) is 35.5. The third kappa shape index (κ3) is 5.34. The van der Waals surface area contributed by atoms with Gasteiger partial charge in [0.25, 0.3) is 0 Å². The molecule has 0 N–H and O–H groups in total. The van der Waals surface area contributed by atoms with Crippen LogP contribution >= 0.6 is 0 Å². The molecule has 296 valence electrons. The van der Waals surface area contributed by atoms with Crippen molar-refractivity contribution in [1.82, 2.24) is 0 Å². The van der Waals surface area contributed by atoms with Crippen LogP contribution < -0.4 is 4.90 Å². The first-order chi connectivity index (χ1) is 30.4. The smallest absolute Gasteiger partial charge is 0.0719 e. The number of hydrogen-bond donors (Lipinski definition) is 0. The van der Waals surface area contributed by atoms with Gasteiger partial charge in [-0.05, 0) is 151 Å². The van der Waals surface area contributed by atoms with E-state index in [9.17, 15) is 0 Å². The highest BCUT2D eigenvalue weighted by Crippen LogP contribution is 2.60. The van der Waals surface area contributed by atoms with Crippen LogP contribution in [0.5, 0.6) is 0 Å². The van der Waals surface area contributed by atoms with E-state index in [0.717, 1.165) is 18.5 Å². The van der Waals surface area contributed by atoms with E-state index in [1.165, 1.54) is 106 Å². The molecule has 0 fully saturated rings. The molecule has 1 heteroatoms. The van der Waals surface area contributed by atoms with Gasteiger partial charge in [-0.3, -0.25) is 0 Å². The predicted octanol–water partition coefficient (Wildman–Crippen LogP) is 15.6. The first-order valence-electron chi connectivity index (χ1n) is 22.1. The van der Waals surface area contributed by atoms with Gasteiger partial charge in [0.2, 0.25) is 0 Å². The average molecular weight is 794 g/mol. The van der Waals surface area contributed by atoms with Gasteiger partial charge in [-0.25, -0.2) is 0 Å². The van der Waals surface area contributed by atoms with E-state index >= 15 is 0 Å². The molecule has 9 aromatic carbocycles. The SMILES string of the molecule is Cc1cc(-c2ccc(-c3ccccc3)cc2)ccc1N(c1ccc2c(c1)C(C)(C)c1ccccc1-2)c1ccc2c(c1)C1(c3ccccc3CCc3ccccc31)c1ccccc1-2. The molecular formula is C61H47N. The minimum absolute atomic E-state index is 0.129. The van der Waals surface area contributed by atoms with Gasteiger partial charge in [0.1, 0.15) is 0 Å². The fourth-order valence-corrected chi connectivity index (χ4v) is 11.4. The number of benzene rings is 9. The summed E-state index contributed by atoms with van der Waals surface area (Å²) in [5, 5.41) is 0. The molecule has 9 aromatic rings. The summed E-state index contributed by atoms with van der Waals surface area (Å²) in [6.07, 6.45) is 2.04. The van der Waals surface area contributed by atoms with Crippen molar-refractivity contribution in [3.05, 3.63) is 256 Å². The highest BCUT2D eigenvalue weighted by Gasteiger charge is 2.49. The summed E-state index contributed by atoms with van der Waals surface area (Å²) in [4.78, 5) is 2.53. The van der Waals surface area contributed by atoms with Gasteiger partial charge in [0, 0.05) is 22.5 Å². The zero-order valence-electron chi connectivity index (χ0n) is 35.5. The summed E-state index contributed by atoms with van der Waals surface area (Å²) < 4.78 is 0. The molecule has 0 saturated heterocycles. The second kappa shape index (κ2) is 13.9. The lowest BCUT2D eigenvalue weighted by molar-refractivity contribution is 0.660. The lowest BCUT2D eigenvalue weighted by Crippen LogP contribution is -2.30. The molecule has 1 nitrogen and oxygen atoms in total. The number of anilines is 3. The minimum atomic E-state index is -0.455. The van der Waals surface area contributed by atoms with Crippen LogP contribution in [0, 0.1) is 6.92 Å². The summed E-state index contributed by atoms with van der Waals surface area (Å²) in [5.41, 5.74) is 25.5. The normalized spacial score (nSPS) is 14.5. The molecule has 62 heavy (non-hydrogen) atoms. The standard InChI is InChI=1S/C61H47N/c1-40-37-46(43-27-25-42(26-28-43)41-15-5-4-6-16-41)31-36-59(40)62(47-32-34-51-49-19-9-13-23-55(49)60(2,3)57(51)38-47)48-33-35-52-50-20-10-14-24-56(50)61(58(52)39-48)53-21-11-7-17-44(53)29-30-45-18-8-12-22-54(45)61/h4-28,31-39H,29-30H2,1-3H3. The van der Waals surface area contributed by atoms with Gasteiger partial charge in [0.15, 0.2) is 0 Å². The highest BCUT2D eigenvalue weighted by atomic mass is 15.1. The number of rotatable bonds is 5. The Kier molecular flexibility index (Phi) is 8.22. The van der Waals surface area contributed by atoms with Crippen molar-refractivity contribution < 1.29 is 0 Å². The Morgan fingerprint density at radius 1 is 0.355 bits per heavy atom. The van der Waals surface area contributed by atoms with E-state index in [1.54, 1.807) is 0 Å². The molecule has 0 aliphatic heterocycles. The van der Waals surface area contributed by atoms with Gasteiger partial charge in [-0.1, -0.05) is 184 Å². The molecular weight excluding hydrogens is 747 g/mol. The summed E-state index contributed by atoms with van der Waals surface area (Å²) in [7, 11) is 0. The van der Waals surface area contributed by atoms with E-state index in [-0.39, 0.29) is 5.41 Å². The van der Waals surface area contributed by atoms with Crippen molar-refractivity contribution in [2.24, 2.45) is 0 Å². The van der Waals surface area contributed by atoms with Crippen molar-refractivity contribution in [3.8, 4) is 44.5 Å². The zero-order chi connectivity index (χ0) is 41.6. The van der Waals surface area contributed by atoms with Gasteiger partial charge in [-0.15, -0.1) is 0 Å². The van der Waals surface area contributed by atoms with Crippen LogP contribution in [-0.4, -0.2) is 0 Å². The van der Waals surface area contributed by atoms with Crippen molar-refractivity contribution in [3.63, 3.8) is 0 Å². The first kappa shape index (κ1) is 36.6. The monoisotopic (exact) mass is 793 g/mol. The second-order valence-corrected chi connectivity index (χ2v) is 18.0. The lowest BCUT2D eigenvalue weighted by Gasteiger charge is -2.36. The van der Waals surface area contributed by atoms with Crippen LogP contribution in [0.2, 0.25) is 0 Å². The average Bonchev–Trinajstić information content (AvgIpc) is 3.67. The molecule has 1 spiro atoms. The predicted molar refractivity (Wildman–Crippen MR) is 259 cm³/mol. The molecule has 0 atom stereocenters. The fourth-order valence-electron chi connectivity index (χ4n) is 11.4. The Morgan fingerprint density at radius 2 is 0.806 bits per heavy atom. The topological polar surface area (TPSA) is 3.24 Å². The molecule has 3 aliphatic carbocycles. The Balaban J connectivity index is 1.07. The maximum absolute atomic E-state index is 2.54. The number of hydrogen-bond acceptors (Lipinski definition) is 1. The van der Waals surface area contributed by atoms with E-state index in [4.69, 9.17) is 0 Å². The summed E-state index contributed by atoms with van der Waals surface area (Å²) >= 11 is 0. The summed E-state index contributed by atoms with van der Waals surface area (Å²) in [5.74, 6) is 0. The van der Waals surface area contributed by atoms with E-state index in [0.29, 0.717) is 0 Å². The Hall–Kier alpha value is -7.22. The quantitative estimate of drug-likeness (QED) is 0.168. The lowest BCUT2D eigenvalue weighted by atomic mass is 9.66. The van der Waals surface area contributed by atoms with Crippen LogP contribution in [0.3, 0.4) is 0 Å². The van der Waals surface area contributed by atoms with E-state index in [2.05, 4.69) is 232 Å². The molecule has 12 rings (SSSR count). The fraction of sp³-hybridized carbons (Fsp3) is 0.115. The van der Waals surface area contributed by atoms with Crippen LogP contribution in [0.1, 0.15) is 63.9 Å². The maximum Gasteiger partial charge on any atom is 0.0719 e. The van der Waals surface area contributed by atoms with Crippen LogP contribution in [-0.2, 0) is 23.7 Å². The molecule has 0 amide bonds. The summed E-state index contributed by atoms with van der Waals surface area (Å²) in [6.45, 7) is 7.04. The third-order valence-corrected chi connectivity index (χ3v) is 14.4. The van der Waals surface area contributed by atoms with Crippen molar-refractivity contribution in [2.75, 3.05) is 4.90 Å². The van der Waals surface area contributed by atoms with Gasteiger partial charge in [0.05, 0.1) is 5.41 Å². The van der Waals surface area contributed by atoms with Gasteiger partial charge in [-0.2, -0.15) is 0 Å². The molecule has 0 bridgehead atoms. The Bertz CT molecular complexity index is 3170. The molecule has 0 radical (unpaired) electrons. The van der Waals surface area contributed by atoms with Gasteiger partial charge >= 0.3 is 0 Å². The largest absolute Gasteiger partial charge is 0.310 e. The van der Waals surface area contributed by atoms with Crippen LogP contribution in [0.15, 0.2) is 206 Å². The van der Waals surface area contributed by atoms with E-state index < -0.39 is 5.41 Å². The molecule has 0 unspecified atom stereocenters. The second-order valence-electron chi connectivity index (χ2n) is 18.0. The summed E-state index contributed by atoms with van der Waals surface area (Å²) in [6, 6.07) is 77.8. The molecule has 0 aromatic heterocycles.